The number of nitrogens with zero attached hydrogens (tertiary/aromatic N) is 3. The van der Waals surface area contributed by atoms with E-state index in [4.69, 9.17) is 4.52 Å². The Hall–Kier alpha value is -0.940. The van der Waals surface area contributed by atoms with Gasteiger partial charge in [-0.2, -0.15) is 4.98 Å². The fourth-order valence-electron chi connectivity index (χ4n) is 3.14. The van der Waals surface area contributed by atoms with Gasteiger partial charge in [-0.3, -0.25) is 0 Å². The first-order valence-electron chi connectivity index (χ1n) is 7.16. The van der Waals surface area contributed by atoms with Gasteiger partial charge in [0.2, 0.25) is 5.89 Å². The van der Waals surface area contributed by atoms with E-state index in [0.717, 1.165) is 37.6 Å². The Morgan fingerprint density at radius 1 is 1.39 bits per heavy atom. The molecule has 2 unspecified atom stereocenters. The minimum atomic E-state index is 0.313. The van der Waals surface area contributed by atoms with E-state index in [1.54, 1.807) is 0 Å². The maximum atomic E-state index is 5.40. The molecule has 2 aliphatic rings. The average molecular weight is 250 g/mol. The summed E-state index contributed by atoms with van der Waals surface area (Å²) in [6.07, 6.45) is 5.80. The molecule has 1 aromatic rings. The fraction of sp³-hybridized carbons (Fsp3) is 0.846. The van der Waals surface area contributed by atoms with E-state index in [0.29, 0.717) is 12.1 Å². The quantitative estimate of drug-likeness (QED) is 0.878. The normalized spacial score (nSPS) is 29.2. The molecule has 2 aliphatic heterocycles. The lowest BCUT2D eigenvalue weighted by Gasteiger charge is -2.20. The monoisotopic (exact) mass is 250 g/mol. The highest BCUT2D eigenvalue weighted by molar-refractivity contribution is 4.98. The molecule has 18 heavy (non-hydrogen) atoms. The van der Waals surface area contributed by atoms with Gasteiger partial charge in [-0.25, -0.2) is 0 Å². The van der Waals surface area contributed by atoms with Crippen LogP contribution in [0.5, 0.6) is 0 Å². The van der Waals surface area contributed by atoms with E-state index in [1.807, 2.05) is 0 Å². The molecule has 1 aromatic heterocycles. The van der Waals surface area contributed by atoms with Crippen molar-refractivity contribution in [3.05, 3.63) is 11.7 Å². The van der Waals surface area contributed by atoms with Crippen LogP contribution >= 0.6 is 0 Å². The molecule has 0 spiro atoms. The van der Waals surface area contributed by atoms with E-state index in [1.165, 1.54) is 25.8 Å². The second-order valence-corrected chi connectivity index (χ2v) is 5.32. The lowest BCUT2D eigenvalue weighted by atomic mass is 10.1. The van der Waals surface area contributed by atoms with Gasteiger partial charge in [-0.05, 0) is 45.3 Å². The molecular formula is C13H22N4O. The highest BCUT2D eigenvalue weighted by Crippen LogP contribution is 2.23. The van der Waals surface area contributed by atoms with E-state index in [9.17, 15) is 0 Å². The first-order valence-corrected chi connectivity index (χ1v) is 7.16. The lowest BCUT2D eigenvalue weighted by Crippen LogP contribution is -2.30. The molecule has 2 atom stereocenters. The van der Waals surface area contributed by atoms with Crippen LogP contribution in [0.3, 0.4) is 0 Å². The smallest absolute Gasteiger partial charge is 0.228 e. The predicted molar refractivity (Wildman–Crippen MR) is 68.2 cm³/mol. The Morgan fingerprint density at radius 2 is 2.33 bits per heavy atom. The van der Waals surface area contributed by atoms with Gasteiger partial charge in [0.05, 0.1) is 6.04 Å². The molecule has 2 fully saturated rings. The van der Waals surface area contributed by atoms with Crippen LogP contribution < -0.4 is 5.32 Å². The number of rotatable bonds is 4. The molecule has 0 aliphatic carbocycles. The first-order chi connectivity index (χ1) is 8.86. The standard InChI is InChI=1S/C13H22N4O/c1-2-17-8-4-5-10(17)9-12-15-13(16-18-12)11-6-3-7-14-11/h10-11,14H,2-9H2,1H3. The topological polar surface area (TPSA) is 54.2 Å². The number of aromatic nitrogens is 2. The van der Waals surface area contributed by atoms with Gasteiger partial charge in [0.1, 0.15) is 0 Å². The number of hydrogen-bond donors (Lipinski definition) is 1. The summed E-state index contributed by atoms with van der Waals surface area (Å²) >= 11 is 0. The minimum Gasteiger partial charge on any atom is -0.339 e. The van der Waals surface area contributed by atoms with E-state index >= 15 is 0 Å². The Kier molecular flexibility index (Phi) is 3.61. The van der Waals surface area contributed by atoms with E-state index in [2.05, 4.69) is 27.3 Å². The van der Waals surface area contributed by atoms with Gasteiger partial charge in [0, 0.05) is 12.5 Å². The van der Waals surface area contributed by atoms with Gasteiger partial charge >= 0.3 is 0 Å². The first kappa shape index (κ1) is 12.1. The second kappa shape index (κ2) is 5.36. The van der Waals surface area contributed by atoms with Crippen LogP contribution in [0.15, 0.2) is 4.52 Å². The molecule has 0 aromatic carbocycles. The zero-order valence-electron chi connectivity index (χ0n) is 11.1. The molecule has 0 radical (unpaired) electrons. The van der Waals surface area contributed by atoms with Crippen LogP contribution in [0.2, 0.25) is 0 Å². The highest BCUT2D eigenvalue weighted by Gasteiger charge is 2.27. The molecule has 0 bridgehead atoms. The zero-order valence-corrected chi connectivity index (χ0v) is 11.1. The van der Waals surface area contributed by atoms with Crippen molar-refractivity contribution in [2.45, 2.75) is 51.1 Å². The Morgan fingerprint density at radius 3 is 3.11 bits per heavy atom. The van der Waals surface area contributed by atoms with Crippen LogP contribution in [0.25, 0.3) is 0 Å². The van der Waals surface area contributed by atoms with Crippen molar-refractivity contribution in [1.29, 1.82) is 0 Å². The van der Waals surface area contributed by atoms with Gasteiger partial charge in [-0.1, -0.05) is 12.1 Å². The average Bonchev–Trinajstić information content (AvgIpc) is 3.10. The predicted octanol–water partition coefficient (Wildman–Crippen LogP) is 1.52. The summed E-state index contributed by atoms with van der Waals surface area (Å²) in [5.41, 5.74) is 0. The Bertz CT molecular complexity index is 386. The van der Waals surface area contributed by atoms with Gasteiger partial charge in [0.25, 0.3) is 0 Å². The van der Waals surface area contributed by atoms with Crippen molar-refractivity contribution in [3.63, 3.8) is 0 Å². The lowest BCUT2D eigenvalue weighted by molar-refractivity contribution is 0.246. The largest absolute Gasteiger partial charge is 0.339 e. The summed E-state index contributed by atoms with van der Waals surface area (Å²) in [7, 11) is 0. The van der Waals surface area contributed by atoms with E-state index in [-0.39, 0.29) is 0 Å². The number of hydrogen-bond acceptors (Lipinski definition) is 5. The minimum absolute atomic E-state index is 0.313. The molecule has 2 saturated heterocycles. The number of likely N-dealkylation sites (tertiary alicyclic amines) is 1. The van der Waals surface area contributed by atoms with Crippen LogP contribution in [-0.4, -0.2) is 40.7 Å². The molecule has 5 heteroatoms. The third kappa shape index (κ3) is 2.42. The van der Waals surface area contributed by atoms with Crippen molar-refractivity contribution < 1.29 is 4.52 Å². The van der Waals surface area contributed by atoms with Crippen molar-refractivity contribution in [3.8, 4) is 0 Å². The highest BCUT2D eigenvalue weighted by atomic mass is 16.5. The molecular weight excluding hydrogens is 228 g/mol. The molecule has 0 amide bonds. The molecule has 0 saturated carbocycles. The van der Waals surface area contributed by atoms with Crippen LogP contribution in [-0.2, 0) is 6.42 Å². The summed E-state index contributed by atoms with van der Waals surface area (Å²) in [5.74, 6) is 1.66. The summed E-state index contributed by atoms with van der Waals surface area (Å²) < 4.78 is 5.40. The summed E-state index contributed by atoms with van der Waals surface area (Å²) in [6.45, 7) is 5.63. The Labute approximate surface area is 108 Å². The third-order valence-corrected chi connectivity index (χ3v) is 4.17. The Balaban J connectivity index is 1.62. The maximum Gasteiger partial charge on any atom is 0.228 e. The summed E-state index contributed by atoms with van der Waals surface area (Å²) in [5, 5.41) is 7.53. The van der Waals surface area contributed by atoms with Crippen LogP contribution in [0.4, 0.5) is 0 Å². The van der Waals surface area contributed by atoms with Crippen molar-refractivity contribution in [1.82, 2.24) is 20.4 Å². The van der Waals surface area contributed by atoms with Crippen LogP contribution in [0, 0.1) is 0 Å². The second-order valence-electron chi connectivity index (χ2n) is 5.32. The summed E-state index contributed by atoms with van der Waals surface area (Å²) in [4.78, 5) is 7.07. The number of likely N-dealkylation sites (N-methyl/N-ethyl adjacent to an activating group) is 1. The summed E-state index contributed by atoms with van der Waals surface area (Å²) in [6, 6.07) is 0.910. The van der Waals surface area contributed by atoms with Crippen LogP contribution in [0.1, 0.15) is 50.4 Å². The van der Waals surface area contributed by atoms with Crippen molar-refractivity contribution >= 4 is 0 Å². The third-order valence-electron chi connectivity index (χ3n) is 4.17. The SMILES string of the molecule is CCN1CCCC1Cc1nc(C2CCCN2)no1. The molecule has 1 N–H and O–H groups in total. The van der Waals surface area contributed by atoms with E-state index < -0.39 is 0 Å². The van der Waals surface area contributed by atoms with Crippen molar-refractivity contribution in [2.24, 2.45) is 0 Å². The molecule has 5 nitrogen and oxygen atoms in total. The van der Waals surface area contributed by atoms with Gasteiger partial charge in [-0.15, -0.1) is 0 Å². The van der Waals surface area contributed by atoms with Crippen molar-refractivity contribution in [2.75, 3.05) is 19.6 Å². The van der Waals surface area contributed by atoms with Gasteiger partial charge < -0.3 is 14.7 Å². The van der Waals surface area contributed by atoms with Gasteiger partial charge in [0.15, 0.2) is 5.82 Å². The zero-order chi connectivity index (χ0) is 12.4. The maximum absolute atomic E-state index is 5.40. The molecule has 100 valence electrons. The molecule has 3 rings (SSSR count). The number of nitrogens with one attached hydrogen (secondary N) is 1. The molecule has 3 heterocycles. The fourth-order valence-corrected chi connectivity index (χ4v) is 3.14.